The third kappa shape index (κ3) is 2.81. The van der Waals surface area contributed by atoms with E-state index >= 15 is 0 Å². The summed E-state index contributed by atoms with van der Waals surface area (Å²) < 4.78 is 15.6. The zero-order valence-corrected chi connectivity index (χ0v) is 12.3. The van der Waals surface area contributed by atoms with Crippen molar-refractivity contribution >= 4 is 5.91 Å². The lowest BCUT2D eigenvalue weighted by Gasteiger charge is -2.15. The Morgan fingerprint density at radius 1 is 1.27 bits per heavy atom. The number of benzene rings is 1. The maximum Gasteiger partial charge on any atom is 0.253 e. The zero-order valence-electron chi connectivity index (χ0n) is 12.3. The van der Waals surface area contributed by atoms with E-state index in [1.54, 1.807) is 12.1 Å². The van der Waals surface area contributed by atoms with Crippen molar-refractivity contribution in [2.45, 2.75) is 13.0 Å². The number of amides is 1. The summed E-state index contributed by atoms with van der Waals surface area (Å²) in [6.07, 6.45) is 1.49. The molecule has 1 N–H and O–H groups in total. The highest BCUT2D eigenvalue weighted by molar-refractivity contribution is 5.94. The predicted octanol–water partition coefficient (Wildman–Crippen LogP) is 2.31. The Kier molecular flexibility index (Phi) is 3.82. The van der Waals surface area contributed by atoms with Gasteiger partial charge in [0.1, 0.15) is 0 Å². The molecule has 0 saturated carbocycles. The van der Waals surface area contributed by atoms with E-state index in [2.05, 4.69) is 10.3 Å². The van der Waals surface area contributed by atoms with Crippen molar-refractivity contribution in [1.82, 2.24) is 10.3 Å². The van der Waals surface area contributed by atoms with Gasteiger partial charge >= 0.3 is 0 Å². The van der Waals surface area contributed by atoms with E-state index in [9.17, 15) is 4.79 Å². The Morgan fingerprint density at radius 3 is 2.82 bits per heavy atom. The van der Waals surface area contributed by atoms with Gasteiger partial charge in [-0.05, 0) is 30.7 Å². The molecule has 1 atom stereocenters. The standard InChI is InChI=1S/C16H16N2O4/c1-10(11-3-5-13-14(7-11)22-9-21-13)18-16(19)12-4-6-15(20-2)17-8-12/h3-8,10H,9H2,1-2H3,(H,18,19). The molecule has 0 spiro atoms. The summed E-state index contributed by atoms with van der Waals surface area (Å²) in [4.78, 5) is 16.2. The van der Waals surface area contributed by atoms with E-state index in [4.69, 9.17) is 14.2 Å². The Labute approximate surface area is 128 Å². The molecule has 0 fully saturated rings. The second kappa shape index (κ2) is 5.93. The number of hydrogen-bond donors (Lipinski definition) is 1. The molecule has 2 heterocycles. The monoisotopic (exact) mass is 300 g/mol. The minimum absolute atomic E-state index is 0.163. The molecule has 1 amide bonds. The topological polar surface area (TPSA) is 69.7 Å². The summed E-state index contributed by atoms with van der Waals surface area (Å²) >= 11 is 0. The molecule has 0 radical (unpaired) electrons. The maximum absolute atomic E-state index is 12.2. The SMILES string of the molecule is COc1ccc(C(=O)NC(C)c2ccc3c(c2)OCO3)cn1. The van der Waals surface area contributed by atoms with E-state index in [1.807, 2.05) is 25.1 Å². The third-order valence-electron chi connectivity index (χ3n) is 3.45. The second-order valence-electron chi connectivity index (χ2n) is 4.90. The van der Waals surface area contributed by atoms with Crippen molar-refractivity contribution in [3.05, 3.63) is 47.7 Å². The number of hydrogen-bond acceptors (Lipinski definition) is 5. The van der Waals surface area contributed by atoms with Crippen LogP contribution >= 0.6 is 0 Å². The van der Waals surface area contributed by atoms with Crippen LogP contribution in [0.15, 0.2) is 36.5 Å². The normalized spacial score (nSPS) is 13.5. The predicted molar refractivity (Wildman–Crippen MR) is 79.2 cm³/mol. The minimum atomic E-state index is -0.194. The number of rotatable bonds is 4. The number of carbonyl (C=O) groups is 1. The van der Waals surface area contributed by atoms with Gasteiger partial charge in [0, 0.05) is 12.3 Å². The van der Waals surface area contributed by atoms with E-state index in [1.165, 1.54) is 13.3 Å². The number of methoxy groups -OCH3 is 1. The molecular weight excluding hydrogens is 284 g/mol. The maximum atomic E-state index is 12.2. The van der Waals surface area contributed by atoms with Gasteiger partial charge in [0.2, 0.25) is 12.7 Å². The van der Waals surface area contributed by atoms with Crippen LogP contribution < -0.4 is 19.5 Å². The first-order valence-electron chi connectivity index (χ1n) is 6.88. The molecule has 1 aromatic heterocycles. The van der Waals surface area contributed by atoms with Gasteiger partial charge in [0.25, 0.3) is 5.91 Å². The van der Waals surface area contributed by atoms with Crippen molar-refractivity contribution in [3.63, 3.8) is 0 Å². The molecule has 114 valence electrons. The summed E-state index contributed by atoms with van der Waals surface area (Å²) in [5.74, 6) is 1.70. The average molecular weight is 300 g/mol. The molecule has 1 aliphatic heterocycles. The van der Waals surface area contributed by atoms with Crippen LogP contribution in [0.5, 0.6) is 17.4 Å². The average Bonchev–Trinajstić information content (AvgIpc) is 3.02. The molecule has 1 unspecified atom stereocenters. The first-order valence-corrected chi connectivity index (χ1v) is 6.88. The molecule has 1 aliphatic rings. The van der Waals surface area contributed by atoms with E-state index in [0.29, 0.717) is 17.2 Å². The lowest BCUT2D eigenvalue weighted by atomic mass is 10.1. The molecule has 3 rings (SSSR count). The van der Waals surface area contributed by atoms with Gasteiger partial charge in [0.15, 0.2) is 11.5 Å². The van der Waals surface area contributed by atoms with Crippen molar-refractivity contribution in [3.8, 4) is 17.4 Å². The number of fused-ring (bicyclic) bond motifs is 1. The third-order valence-corrected chi connectivity index (χ3v) is 3.45. The highest BCUT2D eigenvalue weighted by atomic mass is 16.7. The van der Waals surface area contributed by atoms with Crippen LogP contribution in [-0.4, -0.2) is 24.8 Å². The van der Waals surface area contributed by atoms with Crippen molar-refractivity contribution < 1.29 is 19.0 Å². The summed E-state index contributed by atoms with van der Waals surface area (Å²) in [6, 6.07) is 8.79. The number of ether oxygens (including phenoxy) is 3. The van der Waals surface area contributed by atoms with Gasteiger partial charge in [-0.1, -0.05) is 6.07 Å². The van der Waals surface area contributed by atoms with Gasteiger partial charge < -0.3 is 19.5 Å². The molecule has 0 aliphatic carbocycles. The smallest absolute Gasteiger partial charge is 0.253 e. The Hall–Kier alpha value is -2.76. The fourth-order valence-corrected chi connectivity index (χ4v) is 2.18. The molecule has 6 heteroatoms. The van der Waals surface area contributed by atoms with Gasteiger partial charge in [-0.3, -0.25) is 4.79 Å². The van der Waals surface area contributed by atoms with Crippen LogP contribution in [0.2, 0.25) is 0 Å². The second-order valence-corrected chi connectivity index (χ2v) is 4.90. The summed E-state index contributed by atoms with van der Waals surface area (Å²) in [6.45, 7) is 2.14. The fraction of sp³-hybridized carbons (Fsp3) is 0.250. The molecule has 2 aromatic rings. The van der Waals surface area contributed by atoms with Gasteiger partial charge in [-0.25, -0.2) is 4.98 Å². The highest BCUT2D eigenvalue weighted by Crippen LogP contribution is 2.34. The number of nitrogens with one attached hydrogen (secondary N) is 1. The number of carbonyl (C=O) groups excluding carboxylic acids is 1. The first kappa shape index (κ1) is 14.2. The lowest BCUT2D eigenvalue weighted by Crippen LogP contribution is -2.26. The highest BCUT2D eigenvalue weighted by Gasteiger charge is 2.17. The molecule has 0 saturated heterocycles. The largest absolute Gasteiger partial charge is 0.481 e. The van der Waals surface area contributed by atoms with E-state index < -0.39 is 0 Å². The quantitative estimate of drug-likeness (QED) is 0.938. The van der Waals surface area contributed by atoms with Crippen LogP contribution in [0, 0.1) is 0 Å². The molecule has 22 heavy (non-hydrogen) atoms. The van der Waals surface area contributed by atoms with Crippen molar-refractivity contribution in [2.24, 2.45) is 0 Å². The van der Waals surface area contributed by atoms with Crippen molar-refractivity contribution in [1.29, 1.82) is 0 Å². The molecule has 1 aromatic carbocycles. The van der Waals surface area contributed by atoms with Gasteiger partial charge in [-0.2, -0.15) is 0 Å². The summed E-state index contributed by atoms with van der Waals surface area (Å²) in [5, 5.41) is 2.92. The van der Waals surface area contributed by atoms with Crippen LogP contribution in [0.1, 0.15) is 28.9 Å². The van der Waals surface area contributed by atoms with E-state index in [-0.39, 0.29) is 18.7 Å². The molecule has 6 nitrogen and oxygen atoms in total. The summed E-state index contributed by atoms with van der Waals surface area (Å²) in [5.41, 5.74) is 1.42. The van der Waals surface area contributed by atoms with E-state index in [0.717, 1.165) is 11.3 Å². The van der Waals surface area contributed by atoms with Crippen molar-refractivity contribution in [2.75, 3.05) is 13.9 Å². The summed E-state index contributed by atoms with van der Waals surface area (Å²) in [7, 11) is 1.53. The Balaban J connectivity index is 1.70. The van der Waals surface area contributed by atoms with Crippen LogP contribution in [0.25, 0.3) is 0 Å². The zero-order chi connectivity index (χ0) is 15.5. The van der Waals surface area contributed by atoms with Crippen LogP contribution in [0.4, 0.5) is 0 Å². The minimum Gasteiger partial charge on any atom is -0.481 e. The Morgan fingerprint density at radius 2 is 2.09 bits per heavy atom. The Bertz CT molecular complexity index is 685. The first-order chi connectivity index (χ1) is 10.7. The molecular formula is C16H16N2O4. The molecule has 0 bridgehead atoms. The number of aromatic nitrogens is 1. The van der Waals surface area contributed by atoms with Crippen LogP contribution in [0.3, 0.4) is 0 Å². The fourth-order valence-electron chi connectivity index (χ4n) is 2.18. The van der Waals surface area contributed by atoms with Gasteiger partial charge in [-0.15, -0.1) is 0 Å². The number of pyridine rings is 1. The van der Waals surface area contributed by atoms with Gasteiger partial charge in [0.05, 0.1) is 18.7 Å². The lowest BCUT2D eigenvalue weighted by molar-refractivity contribution is 0.0939. The van der Waals surface area contributed by atoms with Crippen LogP contribution in [-0.2, 0) is 0 Å². The number of nitrogens with zero attached hydrogens (tertiary/aromatic N) is 1.